The minimum absolute atomic E-state index is 0.296. The van der Waals surface area contributed by atoms with Crippen LogP contribution < -0.4 is 10.7 Å². The number of benzene rings is 2. The molecule has 4 nitrogen and oxygen atoms in total. The lowest BCUT2D eigenvalue weighted by molar-refractivity contribution is -0.121. The lowest BCUT2D eigenvalue weighted by atomic mass is 10.2. The number of hydrogen-bond acceptors (Lipinski definition) is 3. The van der Waals surface area contributed by atoms with Gasteiger partial charge in [-0.1, -0.05) is 36.4 Å². The van der Waals surface area contributed by atoms with Crippen molar-refractivity contribution < 1.29 is 9.18 Å². The fourth-order valence-corrected chi connectivity index (χ4v) is 1.88. The van der Waals surface area contributed by atoms with E-state index in [-0.39, 0.29) is 11.7 Å². The summed E-state index contributed by atoms with van der Waals surface area (Å²) in [6.45, 7) is 3.70. The summed E-state index contributed by atoms with van der Waals surface area (Å²) in [4.78, 5) is 12.0. The van der Waals surface area contributed by atoms with Gasteiger partial charge in [0.05, 0.1) is 6.21 Å². The first-order valence-electron chi connectivity index (χ1n) is 6.97. The van der Waals surface area contributed by atoms with E-state index in [0.717, 1.165) is 11.3 Å². The first-order valence-corrected chi connectivity index (χ1v) is 6.97. The Kier molecular flexibility index (Phi) is 5.25. The molecule has 2 aromatic carbocycles. The number of nitrogens with one attached hydrogen (secondary N) is 2. The van der Waals surface area contributed by atoms with Crippen molar-refractivity contribution in [3.8, 4) is 0 Å². The molecule has 0 fully saturated rings. The van der Waals surface area contributed by atoms with Crippen LogP contribution in [0, 0.1) is 12.7 Å². The number of carbonyl (C=O) groups excluding carboxylic acids is 1. The Morgan fingerprint density at radius 3 is 2.59 bits per heavy atom. The van der Waals surface area contributed by atoms with Crippen molar-refractivity contribution in [3.05, 3.63) is 65.5 Å². The number of anilines is 1. The van der Waals surface area contributed by atoms with E-state index in [4.69, 9.17) is 0 Å². The highest BCUT2D eigenvalue weighted by Gasteiger charge is 2.12. The zero-order chi connectivity index (χ0) is 15.9. The molecular formula is C17H18FN3O. The molecule has 114 valence electrons. The summed E-state index contributed by atoms with van der Waals surface area (Å²) in [7, 11) is 0. The molecule has 0 radical (unpaired) electrons. The number of para-hydroxylation sites is 1. The van der Waals surface area contributed by atoms with Crippen molar-refractivity contribution >= 4 is 17.8 Å². The van der Waals surface area contributed by atoms with Gasteiger partial charge in [0.15, 0.2) is 0 Å². The van der Waals surface area contributed by atoms with Crippen molar-refractivity contribution in [1.82, 2.24) is 5.43 Å². The van der Waals surface area contributed by atoms with Crippen LogP contribution in [0.15, 0.2) is 53.6 Å². The number of hydrazone groups is 1. The lowest BCUT2D eigenvalue weighted by Crippen LogP contribution is -2.35. The van der Waals surface area contributed by atoms with Crippen LogP contribution in [0.5, 0.6) is 0 Å². The van der Waals surface area contributed by atoms with E-state index >= 15 is 0 Å². The molecule has 1 atom stereocenters. The average Bonchev–Trinajstić information content (AvgIpc) is 2.51. The zero-order valence-corrected chi connectivity index (χ0v) is 12.5. The summed E-state index contributed by atoms with van der Waals surface area (Å²) < 4.78 is 13.4. The van der Waals surface area contributed by atoms with Gasteiger partial charge >= 0.3 is 0 Å². The van der Waals surface area contributed by atoms with Gasteiger partial charge in [-0.15, -0.1) is 0 Å². The van der Waals surface area contributed by atoms with Crippen LogP contribution >= 0.6 is 0 Å². The molecule has 2 rings (SSSR count). The van der Waals surface area contributed by atoms with Gasteiger partial charge in [-0.05, 0) is 31.5 Å². The van der Waals surface area contributed by atoms with E-state index < -0.39 is 6.04 Å². The summed E-state index contributed by atoms with van der Waals surface area (Å²) in [5.41, 5.74) is 4.67. The van der Waals surface area contributed by atoms with Crippen LogP contribution in [0.1, 0.15) is 18.1 Å². The molecule has 0 aliphatic rings. The summed E-state index contributed by atoms with van der Waals surface area (Å²) in [6, 6.07) is 13.5. The molecule has 0 saturated heterocycles. The van der Waals surface area contributed by atoms with E-state index in [1.807, 2.05) is 31.2 Å². The van der Waals surface area contributed by atoms with Crippen LogP contribution in [-0.2, 0) is 4.79 Å². The van der Waals surface area contributed by atoms with Gasteiger partial charge in [0, 0.05) is 11.3 Å². The third-order valence-electron chi connectivity index (χ3n) is 3.19. The lowest BCUT2D eigenvalue weighted by Gasteiger charge is -2.15. The molecule has 5 heteroatoms. The molecule has 0 saturated carbocycles. The van der Waals surface area contributed by atoms with E-state index in [1.165, 1.54) is 12.3 Å². The molecule has 22 heavy (non-hydrogen) atoms. The highest BCUT2D eigenvalue weighted by atomic mass is 19.1. The fourth-order valence-electron chi connectivity index (χ4n) is 1.88. The quantitative estimate of drug-likeness (QED) is 0.658. The van der Waals surface area contributed by atoms with E-state index in [2.05, 4.69) is 15.8 Å². The fraction of sp³-hybridized carbons (Fsp3) is 0.176. The second kappa shape index (κ2) is 7.36. The summed E-state index contributed by atoms with van der Waals surface area (Å²) in [6.07, 6.45) is 1.29. The first-order chi connectivity index (χ1) is 10.6. The second-order valence-electron chi connectivity index (χ2n) is 4.94. The number of hydrogen-bond donors (Lipinski definition) is 2. The van der Waals surface area contributed by atoms with E-state index in [9.17, 15) is 9.18 Å². The molecule has 0 spiro atoms. The maximum atomic E-state index is 13.4. The van der Waals surface area contributed by atoms with E-state index in [0.29, 0.717) is 5.56 Å². The van der Waals surface area contributed by atoms with Gasteiger partial charge in [0.2, 0.25) is 0 Å². The van der Waals surface area contributed by atoms with E-state index in [1.54, 1.807) is 25.1 Å². The maximum absolute atomic E-state index is 13.4. The molecule has 1 amide bonds. The normalized spacial score (nSPS) is 12.1. The molecule has 0 heterocycles. The van der Waals surface area contributed by atoms with Crippen molar-refractivity contribution in [2.45, 2.75) is 19.9 Å². The van der Waals surface area contributed by atoms with Gasteiger partial charge in [-0.2, -0.15) is 5.10 Å². The third kappa shape index (κ3) is 4.15. The number of amides is 1. The molecule has 0 bridgehead atoms. The molecule has 0 unspecified atom stereocenters. The van der Waals surface area contributed by atoms with Crippen molar-refractivity contribution in [2.75, 3.05) is 5.32 Å². The zero-order valence-electron chi connectivity index (χ0n) is 12.5. The van der Waals surface area contributed by atoms with Gasteiger partial charge < -0.3 is 5.32 Å². The first kappa shape index (κ1) is 15.7. The maximum Gasteiger partial charge on any atom is 0.262 e. The molecule has 0 aliphatic heterocycles. The van der Waals surface area contributed by atoms with Crippen molar-refractivity contribution in [2.24, 2.45) is 5.10 Å². The Morgan fingerprint density at radius 1 is 1.18 bits per heavy atom. The minimum atomic E-state index is -0.459. The molecule has 2 aromatic rings. The Balaban J connectivity index is 1.92. The smallest absolute Gasteiger partial charge is 0.262 e. The Bertz CT molecular complexity index is 685. The van der Waals surface area contributed by atoms with Crippen LogP contribution in [0.2, 0.25) is 0 Å². The van der Waals surface area contributed by atoms with Crippen LogP contribution in [0.3, 0.4) is 0 Å². The minimum Gasteiger partial charge on any atom is -0.374 e. The summed E-state index contributed by atoms with van der Waals surface area (Å²) in [5, 5.41) is 6.89. The predicted octanol–water partition coefficient (Wildman–Crippen LogP) is 3.08. The molecular weight excluding hydrogens is 281 g/mol. The van der Waals surface area contributed by atoms with Crippen LogP contribution in [0.4, 0.5) is 10.1 Å². The van der Waals surface area contributed by atoms with Crippen molar-refractivity contribution in [3.63, 3.8) is 0 Å². The Labute approximate surface area is 129 Å². The monoisotopic (exact) mass is 299 g/mol. The van der Waals surface area contributed by atoms with Crippen LogP contribution in [-0.4, -0.2) is 18.2 Å². The van der Waals surface area contributed by atoms with Gasteiger partial charge in [0.25, 0.3) is 5.91 Å². The Morgan fingerprint density at radius 2 is 1.86 bits per heavy atom. The Hall–Kier alpha value is -2.69. The van der Waals surface area contributed by atoms with Gasteiger partial charge in [-0.25, -0.2) is 9.82 Å². The highest BCUT2D eigenvalue weighted by Crippen LogP contribution is 2.14. The molecule has 0 aliphatic carbocycles. The SMILES string of the molecule is Cc1ccccc1N[C@H](C)C(=O)N/N=C\c1ccccc1F. The highest BCUT2D eigenvalue weighted by molar-refractivity contribution is 5.86. The van der Waals surface area contributed by atoms with Crippen LogP contribution in [0.25, 0.3) is 0 Å². The summed E-state index contributed by atoms with van der Waals surface area (Å²) >= 11 is 0. The second-order valence-corrected chi connectivity index (χ2v) is 4.94. The molecule has 0 aromatic heterocycles. The number of rotatable bonds is 5. The number of carbonyl (C=O) groups is 1. The van der Waals surface area contributed by atoms with Crippen molar-refractivity contribution in [1.29, 1.82) is 0 Å². The largest absolute Gasteiger partial charge is 0.374 e. The van der Waals surface area contributed by atoms with Gasteiger partial charge in [0.1, 0.15) is 11.9 Å². The number of halogens is 1. The standard InChI is InChI=1S/C17H18FN3O/c1-12-7-3-6-10-16(12)20-13(2)17(22)21-19-11-14-8-4-5-9-15(14)18/h3-11,13,20H,1-2H3,(H,21,22)/b19-11-/t13-/m1/s1. The number of aryl methyl sites for hydroxylation is 1. The predicted molar refractivity (Wildman–Crippen MR) is 86.4 cm³/mol. The number of nitrogens with zero attached hydrogens (tertiary/aromatic N) is 1. The third-order valence-corrected chi connectivity index (χ3v) is 3.19. The average molecular weight is 299 g/mol. The topological polar surface area (TPSA) is 53.5 Å². The summed E-state index contributed by atoms with van der Waals surface area (Å²) in [5.74, 6) is -0.678. The molecule has 2 N–H and O–H groups in total. The van der Waals surface area contributed by atoms with Gasteiger partial charge in [-0.3, -0.25) is 4.79 Å².